The SMILES string of the molecule is CCOc1cc(C(=O)O[C@H](C)C#N)cc(Cl)c1O. The van der Waals surface area contributed by atoms with Crippen molar-refractivity contribution in [2.45, 2.75) is 20.0 Å². The lowest BCUT2D eigenvalue weighted by Crippen LogP contribution is -2.13. The van der Waals surface area contributed by atoms with Crippen molar-refractivity contribution in [1.29, 1.82) is 5.26 Å². The zero-order valence-electron chi connectivity index (χ0n) is 9.94. The molecule has 0 unspecified atom stereocenters. The molecule has 96 valence electrons. The molecule has 1 rings (SSSR count). The van der Waals surface area contributed by atoms with Gasteiger partial charge in [0.05, 0.1) is 17.2 Å². The number of phenols is 1. The molecule has 1 N–H and O–H groups in total. The summed E-state index contributed by atoms with van der Waals surface area (Å²) in [6.07, 6.45) is -0.861. The van der Waals surface area contributed by atoms with Crippen molar-refractivity contribution in [3.05, 3.63) is 22.7 Å². The van der Waals surface area contributed by atoms with Gasteiger partial charge in [-0.1, -0.05) is 11.6 Å². The van der Waals surface area contributed by atoms with Gasteiger partial charge in [-0.2, -0.15) is 5.26 Å². The molecule has 0 saturated carbocycles. The maximum atomic E-state index is 11.7. The van der Waals surface area contributed by atoms with Gasteiger partial charge < -0.3 is 14.6 Å². The summed E-state index contributed by atoms with van der Waals surface area (Å²) in [5.74, 6) is -0.836. The van der Waals surface area contributed by atoms with Crippen molar-refractivity contribution in [2.75, 3.05) is 6.61 Å². The topological polar surface area (TPSA) is 79.5 Å². The Morgan fingerprint density at radius 2 is 2.28 bits per heavy atom. The summed E-state index contributed by atoms with van der Waals surface area (Å²) >= 11 is 5.77. The average Bonchev–Trinajstić information content (AvgIpc) is 2.34. The fraction of sp³-hybridized carbons (Fsp3) is 0.333. The van der Waals surface area contributed by atoms with Crippen molar-refractivity contribution in [1.82, 2.24) is 0 Å². The quantitative estimate of drug-likeness (QED) is 0.850. The molecule has 1 aromatic rings. The van der Waals surface area contributed by atoms with Crippen LogP contribution >= 0.6 is 11.6 Å². The van der Waals surface area contributed by atoms with Crippen LogP contribution in [0.4, 0.5) is 0 Å². The Labute approximate surface area is 109 Å². The van der Waals surface area contributed by atoms with Crippen molar-refractivity contribution >= 4 is 17.6 Å². The van der Waals surface area contributed by atoms with E-state index >= 15 is 0 Å². The predicted molar refractivity (Wildman–Crippen MR) is 64.8 cm³/mol. The molecular weight excluding hydrogens is 258 g/mol. The van der Waals surface area contributed by atoms with Gasteiger partial charge in [-0.3, -0.25) is 0 Å². The van der Waals surface area contributed by atoms with Crippen LogP contribution in [-0.4, -0.2) is 23.8 Å². The smallest absolute Gasteiger partial charge is 0.339 e. The minimum atomic E-state index is -0.861. The van der Waals surface area contributed by atoms with Gasteiger partial charge in [-0.05, 0) is 26.0 Å². The first-order valence-electron chi connectivity index (χ1n) is 5.25. The number of carbonyl (C=O) groups excluding carboxylic acids is 1. The third-order valence-corrected chi connectivity index (χ3v) is 2.32. The number of phenolic OH excluding ortho intramolecular Hbond substituents is 1. The molecule has 0 radical (unpaired) electrons. The summed E-state index contributed by atoms with van der Waals surface area (Å²) in [5, 5.41) is 18.1. The highest BCUT2D eigenvalue weighted by molar-refractivity contribution is 6.32. The number of hydrogen-bond donors (Lipinski definition) is 1. The number of esters is 1. The van der Waals surface area contributed by atoms with Crippen LogP contribution in [-0.2, 0) is 4.74 Å². The van der Waals surface area contributed by atoms with E-state index < -0.39 is 12.1 Å². The molecule has 1 atom stereocenters. The summed E-state index contributed by atoms with van der Waals surface area (Å²) in [6.45, 7) is 3.50. The molecule has 1 aromatic carbocycles. The molecule has 0 aromatic heterocycles. The first-order chi connectivity index (χ1) is 8.49. The molecule has 0 heterocycles. The molecule has 0 saturated heterocycles. The van der Waals surface area contributed by atoms with Crippen LogP contribution in [0.25, 0.3) is 0 Å². The first kappa shape index (κ1) is 14.1. The zero-order valence-corrected chi connectivity index (χ0v) is 10.7. The summed E-state index contributed by atoms with van der Waals surface area (Å²) in [5.41, 5.74) is 0.114. The number of halogens is 1. The molecule has 0 bridgehead atoms. The van der Waals surface area contributed by atoms with Crippen molar-refractivity contribution in [2.24, 2.45) is 0 Å². The number of carbonyl (C=O) groups is 1. The Hall–Kier alpha value is -1.93. The largest absolute Gasteiger partial charge is 0.503 e. The lowest BCUT2D eigenvalue weighted by molar-refractivity contribution is 0.0435. The average molecular weight is 270 g/mol. The third-order valence-electron chi connectivity index (χ3n) is 2.03. The molecule has 6 heteroatoms. The van der Waals surface area contributed by atoms with Gasteiger partial charge in [0.25, 0.3) is 0 Å². The lowest BCUT2D eigenvalue weighted by Gasteiger charge is -2.10. The van der Waals surface area contributed by atoms with Crippen LogP contribution in [0, 0.1) is 11.3 Å². The van der Waals surface area contributed by atoms with E-state index in [1.54, 1.807) is 13.0 Å². The van der Waals surface area contributed by atoms with E-state index in [-0.39, 0.29) is 22.1 Å². The van der Waals surface area contributed by atoms with Crippen molar-refractivity contribution in [3.63, 3.8) is 0 Å². The predicted octanol–water partition coefficient (Wildman–Crippen LogP) is 2.51. The second-order valence-electron chi connectivity index (χ2n) is 3.41. The normalized spacial score (nSPS) is 11.4. The number of nitriles is 1. The molecular formula is C12H12ClNO4. The van der Waals surface area contributed by atoms with E-state index in [9.17, 15) is 9.90 Å². The second-order valence-corrected chi connectivity index (χ2v) is 3.82. The maximum Gasteiger partial charge on any atom is 0.339 e. The number of aromatic hydroxyl groups is 1. The lowest BCUT2D eigenvalue weighted by atomic mass is 10.2. The Morgan fingerprint density at radius 3 is 2.83 bits per heavy atom. The van der Waals surface area contributed by atoms with Gasteiger partial charge in [-0.15, -0.1) is 0 Å². The van der Waals surface area contributed by atoms with Crippen molar-refractivity contribution < 1.29 is 19.4 Å². The number of hydrogen-bond acceptors (Lipinski definition) is 5. The van der Waals surface area contributed by atoms with E-state index in [4.69, 9.17) is 26.3 Å². The summed E-state index contributed by atoms with van der Waals surface area (Å²) in [7, 11) is 0. The fourth-order valence-electron chi connectivity index (χ4n) is 1.21. The molecule has 0 fully saturated rings. The molecule has 0 aliphatic rings. The Balaban J connectivity index is 3.03. The van der Waals surface area contributed by atoms with E-state index in [0.29, 0.717) is 6.61 Å². The van der Waals surface area contributed by atoms with E-state index in [1.165, 1.54) is 19.1 Å². The third kappa shape index (κ3) is 3.28. The highest BCUT2D eigenvalue weighted by atomic mass is 35.5. The Morgan fingerprint density at radius 1 is 1.61 bits per heavy atom. The van der Waals surface area contributed by atoms with Crippen LogP contribution < -0.4 is 4.74 Å². The van der Waals surface area contributed by atoms with Gasteiger partial charge in [0.2, 0.25) is 0 Å². The van der Waals surface area contributed by atoms with E-state index in [1.807, 2.05) is 0 Å². The van der Waals surface area contributed by atoms with Crippen LogP contribution in [0.2, 0.25) is 5.02 Å². The zero-order chi connectivity index (χ0) is 13.7. The molecule has 0 aliphatic carbocycles. The maximum absolute atomic E-state index is 11.7. The van der Waals surface area contributed by atoms with Gasteiger partial charge >= 0.3 is 5.97 Å². The number of rotatable bonds is 4. The van der Waals surface area contributed by atoms with Crippen LogP contribution in [0.1, 0.15) is 24.2 Å². The molecule has 18 heavy (non-hydrogen) atoms. The first-order valence-corrected chi connectivity index (χ1v) is 5.63. The molecule has 5 nitrogen and oxygen atoms in total. The molecule has 0 aliphatic heterocycles. The minimum Gasteiger partial charge on any atom is -0.503 e. The highest BCUT2D eigenvalue weighted by Crippen LogP contribution is 2.35. The van der Waals surface area contributed by atoms with Gasteiger partial charge in [0.1, 0.15) is 6.07 Å². The summed E-state index contributed by atoms with van der Waals surface area (Å²) < 4.78 is 9.95. The monoisotopic (exact) mass is 269 g/mol. The fourth-order valence-corrected chi connectivity index (χ4v) is 1.42. The summed E-state index contributed by atoms with van der Waals surface area (Å²) in [4.78, 5) is 11.7. The van der Waals surface area contributed by atoms with E-state index in [2.05, 4.69) is 0 Å². The molecule has 0 spiro atoms. The minimum absolute atomic E-state index is 0.0162. The van der Waals surface area contributed by atoms with Gasteiger partial charge in [0, 0.05) is 0 Å². The highest BCUT2D eigenvalue weighted by Gasteiger charge is 2.17. The Bertz CT molecular complexity index is 496. The number of benzene rings is 1. The number of ether oxygens (including phenoxy) is 2. The van der Waals surface area contributed by atoms with Crippen LogP contribution in [0.3, 0.4) is 0 Å². The van der Waals surface area contributed by atoms with Crippen LogP contribution in [0.15, 0.2) is 12.1 Å². The Kier molecular flexibility index (Phi) is 4.81. The standard InChI is InChI=1S/C12H12ClNO4/c1-3-17-10-5-8(4-9(13)11(10)15)12(16)18-7(2)6-14/h4-5,7,15H,3H2,1-2H3/t7-/m1/s1. The van der Waals surface area contributed by atoms with Gasteiger partial charge in [-0.25, -0.2) is 4.79 Å². The van der Waals surface area contributed by atoms with Crippen LogP contribution in [0.5, 0.6) is 11.5 Å². The van der Waals surface area contributed by atoms with Gasteiger partial charge in [0.15, 0.2) is 17.6 Å². The van der Waals surface area contributed by atoms with E-state index in [0.717, 1.165) is 0 Å². The van der Waals surface area contributed by atoms with Crippen molar-refractivity contribution in [3.8, 4) is 17.6 Å². The number of nitrogens with zero attached hydrogens (tertiary/aromatic N) is 1. The second kappa shape index (κ2) is 6.12. The molecule has 0 amide bonds. The summed E-state index contributed by atoms with van der Waals surface area (Å²) in [6, 6.07) is 4.35.